The van der Waals surface area contributed by atoms with Crippen molar-refractivity contribution in [2.75, 3.05) is 13.2 Å². The molecule has 0 aliphatic rings. The average Bonchev–Trinajstić information content (AvgIpc) is 2.59. The predicted octanol–water partition coefficient (Wildman–Crippen LogP) is 0.945. The summed E-state index contributed by atoms with van der Waals surface area (Å²) in [6.07, 6.45) is 3.06. The standard InChI is InChI=1S/C10H19N3O/c1-3-14-10(8-11)5-7-13-6-4-9(2)12-13/h4,6,10H,3,5,7-8,11H2,1-2H3. The van der Waals surface area contributed by atoms with Gasteiger partial charge in [-0.2, -0.15) is 5.10 Å². The first kappa shape index (κ1) is 11.2. The van der Waals surface area contributed by atoms with E-state index in [1.165, 1.54) is 0 Å². The number of hydrogen-bond acceptors (Lipinski definition) is 3. The molecule has 1 aromatic heterocycles. The van der Waals surface area contributed by atoms with Crippen LogP contribution in [0.3, 0.4) is 0 Å². The van der Waals surface area contributed by atoms with Crippen LogP contribution in [0.15, 0.2) is 12.3 Å². The fraction of sp³-hybridized carbons (Fsp3) is 0.700. The minimum atomic E-state index is 0.157. The van der Waals surface area contributed by atoms with Gasteiger partial charge >= 0.3 is 0 Å². The molecule has 1 heterocycles. The highest BCUT2D eigenvalue weighted by Crippen LogP contribution is 2.00. The van der Waals surface area contributed by atoms with Crippen LogP contribution in [0.25, 0.3) is 0 Å². The van der Waals surface area contributed by atoms with Gasteiger partial charge in [0, 0.05) is 25.9 Å². The number of nitrogens with zero attached hydrogens (tertiary/aromatic N) is 2. The molecule has 0 fully saturated rings. The lowest BCUT2D eigenvalue weighted by Gasteiger charge is -2.14. The molecule has 0 saturated heterocycles. The van der Waals surface area contributed by atoms with E-state index < -0.39 is 0 Å². The van der Waals surface area contributed by atoms with Crippen LogP contribution in [0.2, 0.25) is 0 Å². The van der Waals surface area contributed by atoms with Gasteiger partial charge in [0.25, 0.3) is 0 Å². The van der Waals surface area contributed by atoms with Gasteiger partial charge < -0.3 is 10.5 Å². The Balaban J connectivity index is 2.31. The summed E-state index contributed by atoms with van der Waals surface area (Å²) in [6, 6.07) is 2.00. The first-order valence-corrected chi connectivity index (χ1v) is 5.08. The van der Waals surface area contributed by atoms with Crippen LogP contribution in [0.4, 0.5) is 0 Å². The second kappa shape index (κ2) is 5.78. The predicted molar refractivity (Wildman–Crippen MR) is 56.0 cm³/mol. The Hall–Kier alpha value is -0.870. The van der Waals surface area contributed by atoms with Crippen molar-refractivity contribution in [3.63, 3.8) is 0 Å². The Bertz CT molecular complexity index is 260. The summed E-state index contributed by atoms with van der Waals surface area (Å²) in [6.45, 7) is 6.14. The maximum atomic E-state index is 5.57. The lowest BCUT2D eigenvalue weighted by molar-refractivity contribution is 0.0592. The molecular formula is C10H19N3O. The van der Waals surface area contributed by atoms with Crippen molar-refractivity contribution < 1.29 is 4.74 Å². The molecule has 0 amide bonds. The molecule has 2 N–H and O–H groups in total. The van der Waals surface area contributed by atoms with Crippen molar-refractivity contribution in [1.82, 2.24) is 9.78 Å². The zero-order valence-corrected chi connectivity index (χ0v) is 8.94. The van der Waals surface area contributed by atoms with Gasteiger partial charge in [0.1, 0.15) is 0 Å². The smallest absolute Gasteiger partial charge is 0.0714 e. The summed E-state index contributed by atoms with van der Waals surface area (Å²) < 4.78 is 7.38. The summed E-state index contributed by atoms with van der Waals surface area (Å²) in [5.74, 6) is 0. The summed E-state index contributed by atoms with van der Waals surface area (Å²) in [4.78, 5) is 0. The fourth-order valence-corrected chi connectivity index (χ4v) is 1.37. The van der Waals surface area contributed by atoms with Gasteiger partial charge in [0.05, 0.1) is 11.8 Å². The van der Waals surface area contributed by atoms with E-state index in [-0.39, 0.29) is 6.10 Å². The fourth-order valence-electron chi connectivity index (χ4n) is 1.37. The van der Waals surface area contributed by atoms with E-state index in [4.69, 9.17) is 10.5 Å². The molecule has 1 rings (SSSR count). The van der Waals surface area contributed by atoms with Crippen molar-refractivity contribution in [3.05, 3.63) is 18.0 Å². The van der Waals surface area contributed by atoms with Gasteiger partial charge in [-0.15, -0.1) is 0 Å². The quantitative estimate of drug-likeness (QED) is 0.738. The van der Waals surface area contributed by atoms with E-state index >= 15 is 0 Å². The Labute approximate surface area is 85.0 Å². The van der Waals surface area contributed by atoms with Crippen molar-refractivity contribution >= 4 is 0 Å². The third kappa shape index (κ3) is 3.47. The van der Waals surface area contributed by atoms with Crippen LogP contribution in [0, 0.1) is 6.92 Å². The monoisotopic (exact) mass is 197 g/mol. The van der Waals surface area contributed by atoms with Crippen LogP contribution in [0.1, 0.15) is 19.0 Å². The molecule has 0 saturated carbocycles. The molecule has 0 spiro atoms. The summed E-state index contributed by atoms with van der Waals surface area (Å²) in [5.41, 5.74) is 6.62. The van der Waals surface area contributed by atoms with Crippen LogP contribution >= 0.6 is 0 Å². The Morgan fingerprint density at radius 2 is 2.43 bits per heavy atom. The first-order chi connectivity index (χ1) is 6.76. The molecule has 0 radical (unpaired) electrons. The molecule has 0 aliphatic heterocycles. The Morgan fingerprint density at radius 1 is 1.64 bits per heavy atom. The maximum Gasteiger partial charge on any atom is 0.0714 e. The van der Waals surface area contributed by atoms with E-state index in [1.54, 1.807) is 0 Å². The molecule has 4 heteroatoms. The second-order valence-corrected chi connectivity index (χ2v) is 3.32. The van der Waals surface area contributed by atoms with E-state index in [9.17, 15) is 0 Å². The third-order valence-corrected chi connectivity index (χ3v) is 2.12. The SMILES string of the molecule is CCOC(CN)CCn1ccc(C)n1. The van der Waals surface area contributed by atoms with Crippen LogP contribution in [-0.2, 0) is 11.3 Å². The van der Waals surface area contributed by atoms with Crippen molar-refractivity contribution in [2.45, 2.75) is 32.9 Å². The highest BCUT2D eigenvalue weighted by atomic mass is 16.5. The maximum absolute atomic E-state index is 5.57. The zero-order chi connectivity index (χ0) is 10.4. The number of aryl methyl sites for hydroxylation is 2. The van der Waals surface area contributed by atoms with Crippen LogP contribution < -0.4 is 5.73 Å². The molecule has 1 atom stereocenters. The highest BCUT2D eigenvalue weighted by molar-refractivity contribution is 4.94. The number of hydrogen-bond donors (Lipinski definition) is 1. The molecule has 0 aliphatic carbocycles. The molecule has 0 aromatic carbocycles. The van der Waals surface area contributed by atoms with Crippen molar-refractivity contribution in [3.8, 4) is 0 Å². The van der Waals surface area contributed by atoms with E-state index in [2.05, 4.69) is 5.10 Å². The molecule has 0 bridgehead atoms. The number of nitrogens with two attached hydrogens (primary N) is 1. The van der Waals surface area contributed by atoms with E-state index in [0.29, 0.717) is 6.54 Å². The lowest BCUT2D eigenvalue weighted by Crippen LogP contribution is -2.25. The third-order valence-electron chi connectivity index (χ3n) is 2.12. The Kier molecular flexibility index (Phi) is 4.62. The van der Waals surface area contributed by atoms with Crippen LogP contribution in [-0.4, -0.2) is 29.0 Å². The zero-order valence-electron chi connectivity index (χ0n) is 8.94. The van der Waals surface area contributed by atoms with Gasteiger partial charge in [0.15, 0.2) is 0 Å². The lowest BCUT2D eigenvalue weighted by atomic mass is 10.2. The first-order valence-electron chi connectivity index (χ1n) is 5.08. The topological polar surface area (TPSA) is 53.1 Å². The minimum Gasteiger partial charge on any atom is -0.377 e. The second-order valence-electron chi connectivity index (χ2n) is 3.32. The summed E-state index contributed by atoms with van der Waals surface area (Å²) >= 11 is 0. The largest absolute Gasteiger partial charge is 0.377 e. The Morgan fingerprint density at radius 3 is 2.93 bits per heavy atom. The summed E-state index contributed by atoms with van der Waals surface area (Å²) in [5, 5.41) is 4.30. The number of aromatic nitrogens is 2. The van der Waals surface area contributed by atoms with E-state index in [0.717, 1.165) is 25.3 Å². The van der Waals surface area contributed by atoms with Crippen molar-refractivity contribution in [1.29, 1.82) is 0 Å². The molecule has 1 aromatic rings. The van der Waals surface area contributed by atoms with Crippen molar-refractivity contribution in [2.24, 2.45) is 5.73 Å². The van der Waals surface area contributed by atoms with Gasteiger partial charge in [-0.25, -0.2) is 0 Å². The van der Waals surface area contributed by atoms with Gasteiger partial charge in [-0.05, 0) is 26.3 Å². The van der Waals surface area contributed by atoms with Gasteiger partial charge in [-0.3, -0.25) is 4.68 Å². The average molecular weight is 197 g/mol. The minimum absolute atomic E-state index is 0.157. The van der Waals surface area contributed by atoms with Gasteiger partial charge in [-0.1, -0.05) is 0 Å². The summed E-state index contributed by atoms with van der Waals surface area (Å²) in [7, 11) is 0. The van der Waals surface area contributed by atoms with E-state index in [1.807, 2.05) is 30.8 Å². The highest BCUT2D eigenvalue weighted by Gasteiger charge is 2.05. The molecule has 4 nitrogen and oxygen atoms in total. The number of rotatable bonds is 6. The van der Waals surface area contributed by atoms with Crippen LogP contribution in [0.5, 0.6) is 0 Å². The molecule has 80 valence electrons. The molecule has 1 unspecified atom stereocenters. The number of ether oxygens (including phenoxy) is 1. The van der Waals surface area contributed by atoms with Gasteiger partial charge in [0.2, 0.25) is 0 Å². The molecular weight excluding hydrogens is 178 g/mol. The molecule has 14 heavy (non-hydrogen) atoms. The normalized spacial score (nSPS) is 13.1.